The van der Waals surface area contributed by atoms with Crippen LogP contribution in [0.3, 0.4) is 0 Å². The molecule has 0 amide bonds. The van der Waals surface area contributed by atoms with Gasteiger partial charge in [-0.2, -0.15) is 13.2 Å². The fourth-order valence-electron chi connectivity index (χ4n) is 2.63. The van der Waals surface area contributed by atoms with Gasteiger partial charge in [-0.25, -0.2) is 4.39 Å². The van der Waals surface area contributed by atoms with E-state index in [0.29, 0.717) is 27.8 Å². The van der Waals surface area contributed by atoms with Crippen LogP contribution in [0.5, 0.6) is 0 Å². The zero-order valence-electron chi connectivity index (χ0n) is 15.6. The number of nitrogens with zero attached hydrogens (tertiary/aromatic N) is 1. The molecule has 1 N–H and O–H groups in total. The summed E-state index contributed by atoms with van der Waals surface area (Å²) < 4.78 is 52.9. The van der Waals surface area contributed by atoms with E-state index in [2.05, 4.69) is 16.9 Å². The van der Waals surface area contributed by atoms with Crippen molar-refractivity contribution in [2.45, 2.75) is 20.0 Å². The molecule has 0 aliphatic heterocycles. The number of alkyl halides is 3. The van der Waals surface area contributed by atoms with Crippen LogP contribution < -0.4 is 5.32 Å². The Morgan fingerprint density at radius 1 is 1.21 bits per heavy atom. The SMILES string of the molecule is C=C(/C(Cl)=C/C)/C(=C(/C)NC)c1ccc(-c2cc(C(F)(F)F)ccc2F)nc1. The Balaban J connectivity index is 2.52. The number of pyridine rings is 1. The van der Waals surface area contributed by atoms with Crippen molar-refractivity contribution >= 4 is 17.2 Å². The predicted molar refractivity (Wildman–Crippen MR) is 105 cm³/mol. The van der Waals surface area contributed by atoms with Crippen molar-refractivity contribution in [3.05, 3.63) is 82.4 Å². The number of rotatable bonds is 5. The van der Waals surface area contributed by atoms with Gasteiger partial charge in [0.25, 0.3) is 0 Å². The first-order chi connectivity index (χ1) is 13.1. The normalized spacial score (nSPS) is 13.2. The molecule has 148 valence electrons. The van der Waals surface area contributed by atoms with Gasteiger partial charge in [-0.15, -0.1) is 0 Å². The van der Waals surface area contributed by atoms with Crippen molar-refractivity contribution < 1.29 is 17.6 Å². The molecule has 28 heavy (non-hydrogen) atoms. The summed E-state index contributed by atoms with van der Waals surface area (Å²) in [5, 5.41) is 3.48. The maximum absolute atomic E-state index is 14.1. The number of allylic oxidation sites excluding steroid dienone is 5. The third kappa shape index (κ3) is 4.62. The van der Waals surface area contributed by atoms with E-state index in [-0.39, 0.29) is 11.3 Å². The predicted octanol–water partition coefficient (Wildman–Crippen LogP) is 6.56. The van der Waals surface area contributed by atoms with Gasteiger partial charge in [0.05, 0.1) is 11.3 Å². The van der Waals surface area contributed by atoms with Crippen molar-refractivity contribution in [1.29, 1.82) is 0 Å². The van der Waals surface area contributed by atoms with E-state index in [4.69, 9.17) is 11.6 Å². The average Bonchev–Trinajstić information content (AvgIpc) is 2.67. The first-order valence-electron chi connectivity index (χ1n) is 8.33. The molecular formula is C21H19ClF4N2. The number of hydrogen-bond donors (Lipinski definition) is 1. The van der Waals surface area contributed by atoms with E-state index in [1.54, 1.807) is 26.1 Å². The Labute approximate surface area is 166 Å². The summed E-state index contributed by atoms with van der Waals surface area (Å²) in [6.07, 6.45) is -1.41. The molecule has 0 saturated carbocycles. The molecule has 0 spiro atoms. The lowest BCUT2D eigenvalue weighted by Crippen LogP contribution is -2.07. The molecule has 2 aromatic rings. The summed E-state index contributed by atoms with van der Waals surface area (Å²) in [4.78, 5) is 4.17. The maximum atomic E-state index is 14.1. The Morgan fingerprint density at radius 2 is 1.89 bits per heavy atom. The summed E-state index contributed by atoms with van der Waals surface area (Å²) in [6.45, 7) is 7.60. The van der Waals surface area contributed by atoms with Gasteiger partial charge in [0.15, 0.2) is 0 Å². The summed E-state index contributed by atoms with van der Waals surface area (Å²) in [5.74, 6) is -0.781. The molecule has 1 heterocycles. The number of aromatic nitrogens is 1. The van der Waals surface area contributed by atoms with Crippen LogP contribution in [-0.4, -0.2) is 12.0 Å². The number of halogens is 5. The molecule has 0 aliphatic rings. The van der Waals surface area contributed by atoms with Crippen LogP contribution in [0, 0.1) is 5.82 Å². The Morgan fingerprint density at radius 3 is 2.39 bits per heavy atom. The lowest BCUT2D eigenvalue weighted by Gasteiger charge is -2.15. The van der Waals surface area contributed by atoms with Gasteiger partial charge in [-0.3, -0.25) is 4.98 Å². The van der Waals surface area contributed by atoms with Gasteiger partial charge in [-0.1, -0.05) is 30.3 Å². The molecule has 0 saturated heterocycles. The molecule has 1 aromatic heterocycles. The molecule has 7 heteroatoms. The summed E-state index contributed by atoms with van der Waals surface area (Å²) in [6, 6.07) is 5.35. The standard InChI is InChI=1S/C21H19ClF4N2/c1-5-17(22)12(2)20(13(3)27-4)14-6-9-19(28-11-14)16-10-15(21(24,25)26)7-8-18(16)23/h5-11,27H,2H2,1,3-4H3/b17-5-,20-13+. The first kappa shape index (κ1) is 21.7. The molecule has 0 aliphatic carbocycles. The molecule has 0 unspecified atom stereocenters. The number of benzene rings is 1. The van der Waals surface area contributed by atoms with E-state index in [0.717, 1.165) is 17.8 Å². The minimum absolute atomic E-state index is 0.0940. The molecule has 0 atom stereocenters. The van der Waals surface area contributed by atoms with Crippen LogP contribution in [-0.2, 0) is 6.18 Å². The van der Waals surface area contributed by atoms with Gasteiger partial charge >= 0.3 is 6.18 Å². The smallest absolute Gasteiger partial charge is 0.391 e. The zero-order chi connectivity index (χ0) is 21.1. The van der Waals surface area contributed by atoms with Gasteiger partial charge in [0, 0.05) is 40.7 Å². The molecule has 0 bridgehead atoms. The zero-order valence-corrected chi connectivity index (χ0v) is 16.3. The minimum atomic E-state index is -4.57. The summed E-state index contributed by atoms with van der Waals surface area (Å²) in [7, 11) is 1.74. The van der Waals surface area contributed by atoms with Crippen molar-refractivity contribution in [3.63, 3.8) is 0 Å². The Bertz CT molecular complexity index is 942. The van der Waals surface area contributed by atoms with Crippen molar-refractivity contribution in [1.82, 2.24) is 10.3 Å². The largest absolute Gasteiger partial charge is 0.416 e. The Kier molecular flexibility index (Phi) is 6.67. The lowest BCUT2D eigenvalue weighted by molar-refractivity contribution is -0.137. The quantitative estimate of drug-likeness (QED) is 0.446. The van der Waals surface area contributed by atoms with Gasteiger partial charge < -0.3 is 5.32 Å². The van der Waals surface area contributed by atoms with E-state index in [9.17, 15) is 17.6 Å². The molecule has 1 aromatic carbocycles. The highest BCUT2D eigenvalue weighted by Gasteiger charge is 2.31. The van der Waals surface area contributed by atoms with Crippen LogP contribution in [0.25, 0.3) is 16.8 Å². The van der Waals surface area contributed by atoms with Crippen LogP contribution in [0.4, 0.5) is 17.6 Å². The van der Waals surface area contributed by atoms with E-state index < -0.39 is 17.6 Å². The van der Waals surface area contributed by atoms with Crippen LogP contribution >= 0.6 is 11.6 Å². The molecular weight excluding hydrogens is 392 g/mol. The van der Waals surface area contributed by atoms with E-state index in [1.807, 2.05) is 6.92 Å². The van der Waals surface area contributed by atoms with Gasteiger partial charge in [0.1, 0.15) is 5.82 Å². The van der Waals surface area contributed by atoms with Gasteiger partial charge in [0.2, 0.25) is 0 Å². The molecule has 0 fully saturated rings. The second kappa shape index (κ2) is 8.61. The fourth-order valence-corrected chi connectivity index (χ4v) is 2.73. The highest BCUT2D eigenvalue weighted by molar-refractivity contribution is 6.33. The summed E-state index contributed by atoms with van der Waals surface area (Å²) in [5.41, 5.74) is 1.64. The minimum Gasteiger partial charge on any atom is -0.391 e. The Hall–Kier alpha value is -2.60. The third-order valence-electron chi connectivity index (χ3n) is 4.22. The third-order valence-corrected chi connectivity index (χ3v) is 4.66. The van der Waals surface area contributed by atoms with Crippen molar-refractivity contribution in [2.24, 2.45) is 0 Å². The van der Waals surface area contributed by atoms with Crippen molar-refractivity contribution in [3.8, 4) is 11.3 Å². The van der Waals surface area contributed by atoms with Crippen molar-refractivity contribution in [2.75, 3.05) is 7.05 Å². The van der Waals surface area contributed by atoms with E-state index >= 15 is 0 Å². The van der Waals surface area contributed by atoms with E-state index in [1.165, 1.54) is 12.3 Å². The highest BCUT2D eigenvalue weighted by Crippen LogP contribution is 2.34. The summed E-state index contributed by atoms with van der Waals surface area (Å²) >= 11 is 6.19. The van der Waals surface area contributed by atoms with Crippen LogP contribution in [0.2, 0.25) is 0 Å². The fraction of sp³-hybridized carbons (Fsp3) is 0.190. The number of hydrogen-bond acceptors (Lipinski definition) is 2. The molecule has 2 rings (SSSR count). The monoisotopic (exact) mass is 410 g/mol. The number of nitrogens with one attached hydrogen (secondary N) is 1. The first-order valence-corrected chi connectivity index (χ1v) is 8.71. The second-order valence-corrected chi connectivity index (χ2v) is 6.40. The molecule has 0 radical (unpaired) electrons. The maximum Gasteiger partial charge on any atom is 0.416 e. The average molecular weight is 411 g/mol. The van der Waals surface area contributed by atoms with Crippen LogP contribution in [0.1, 0.15) is 25.0 Å². The second-order valence-electron chi connectivity index (χ2n) is 5.99. The lowest BCUT2D eigenvalue weighted by atomic mass is 9.97. The topological polar surface area (TPSA) is 24.9 Å². The highest BCUT2D eigenvalue weighted by atomic mass is 35.5. The molecule has 2 nitrogen and oxygen atoms in total. The van der Waals surface area contributed by atoms with Crippen LogP contribution in [0.15, 0.2) is 65.5 Å². The van der Waals surface area contributed by atoms with Gasteiger partial charge in [-0.05, 0) is 43.7 Å².